The minimum Gasteiger partial charge on any atom is -0.508 e. The summed E-state index contributed by atoms with van der Waals surface area (Å²) in [7, 11) is 0. The number of allylic oxidation sites excluding steroid dienone is 1. The van der Waals surface area contributed by atoms with Gasteiger partial charge in [-0.05, 0) is 42.0 Å². The van der Waals surface area contributed by atoms with Gasteiger partial charge in [0, 0.05) is 10.6 Å². The van der Waals surface area contributed by atoms with Gasteiger partial charge in [-0.3, -0.25) is 4.79 Å². The van der Waals surface area contributed by atoms with E-state index in [1.807, 2.05) is 0 Å². The van der Waals surface area contributed by atoms with Crippen LogP contribution in [-0.2, 0) is 0 Å². The lowest BCUT2D eigenvalue weighted by atomic mass is 10.1. The number of hydrogen-bond acceptors (Lipinski definition) is 2. The van der Waals surface area contributed by atoms with Crippen molar-refractivity contribution in [1.82, 2.24) is 0 Å². The van der Waals surface area contributed by atoms with Gasteiger partial charge in [0.1, 0.15) is 5.75 Å². The molecule has 4 heteroatoms. The Balaban J connectivity index is 2.21. The first-order valence-corrected chi connectivity index (χ1v) is 6.28. The zero-order valence-electron chi connectivity index (χ0n) is 9.81. The average molecular weight is 293 g/mol. The molecular formula is C15H10Cl2O2. The number of hydrogen-bond donors (Lipinski definition) is 1. The number of carbonyl (C=O) groups is 1. The monoisotopic (exact) mass is 292 g/mol. The first-order chi connectivity index (χ1) is 9.06. The van der Waals surface area contributed by atoms with Gasteiger partial charge in [0.15, 0.2) is 5.78 Å². The fourth-order valence-electron chi connectivity index (χ4n) is 1.53. The molecule has 19 heavy (non-hydrogen) atoms. The third-order valence-electron chi connectivity index (χ3n) is 2.51. The van der Waals surface area contributed by atoms with Crippen molar-refractivity contribution in [1.29, 1.82) is 0 Å². The Morgan fingerprint density at radius 3 is 2.42 bits per heavy atom. The summed E-state index contributed by atoms with van der Waals surface area (Å²) in [6, 6.07) is 11.3. The summed E-state index contributed by atoms with van der Waals surface area (Å²) in [5.74, 6) is -0.0399. The number of ketones is 1. The SMILES string of the molecule is O=C(/C=C/c1ccc(O)cc1)c1cc(Cl)ccc1Cl. The molecule has 0 aliphatic rings. The smallest absolute Gasteiger partial charge is 0.187 e. The van der Waals surface area contributed by atoms with E-state index in [4.69, 9.17) is 28.3 Å². The second-order valence-corrected chi connectivity index (χ2v) is 4.76. The number of aromatic hydroxyl groups is 1. The molecular weight excluding hydrogens is 283 g/mol. The van der Waals surface area contributed by atoms with Crippen LogP contribution in [0.5, 0.6) is 5.75 Å². The Kier molecular flexibility index (Phi) is 4.25. The number of halogens is 2. The van der Waals surface area contributed by atoms with Crippen LogP contribution in [-0.4, -0.2) is 10.9 Å². The summed E-state index contributed by atoms with van der Waals surface area (Å²) in [6.07, 6.45) is 3.07. The summed E-state index contributed by atoms with van der Waals surface area (Å²) < 4.78 is 0. The van der Waals surface area contributed by atoms with Crippen LogP contribution >= 0.6 is 23.2 Å². The van der Waals surface area contributed by atoms with Crippen LogP contribution in [0, 0.1) is 0 Å². The molecule has 0 aliphatic heterocycles. The standard InChI is InChI=1S/C15H10Cl2O2/c16-11-4-7-14(17)13(9-11)15(19)8-3-10-1-5-12(18)6-2-10/h1-9,18H/b8-3+. The quantitative estimate of drug-likeness (QED) is 0.663. The number of rotatable bonds is 3. The highest BCUT2D eigenvalue weighted by Crippen LogP contribution is 2.21. The number of phenolic OH excluding ortho intramolecular Hbond substituents is 1. The molecule has 2 aromatic carbocycles. The van der Waals surface area contributed by atoms with Crippen LogP contribution in [0.4, 0.5) is 0 Å². The van der Waals surface area contributed by atoms with Crippen LogP contribution in [0.2, 0.25) is 10.0 Å². The summed E-state index contributed by atoms with van der Waals surface area (Å²) in [4.78, 5) is 12.0. The van der Waals surface area contributed by atoms with E-state index in [0.29, 0.717) is 15.6 Å². The van der Waals surface area contributed by atoms with Crippen molar-refractivity contribution in [3.8, 4) is 5.75 Å². The van der Waals surface area contributed by atoms with Crippen LogP contribution < -0.4 is 0 Å². The highest BCUT2D eigenvalue weighted by Gasteiger charge is 2.07. The summed E-state index contributed by atoms with van der Waals surface area (Å²) in [5.41, 5.74) is 1.17. The first-order valence-electron chi connectivity index (χ1n) is 5.53. The summed E-state index contributed by atoms with van der Waals surface area (Å²) in [5, 5.41) is 9.99. The van der Waals surface area contributed by atoms with Crippen molar-refractivity contribution in [3.05, 3.63) is 69.7 Å². The molecule has 0 radical (unpaired) electrons. The molecule has 0 aromatic heterocycles. The fraction of sp³-hybridized carbons (Fsp3) is 0. The molecule has 0 amide bonds. The average Bonchev–Trinajstić information content (AvgIpc) is 2.40. The maximum absolute atomic E-state index is 12.0. The zero-order chi connectivity index (χ0) is 13.8. The van der Waals surface area contributed by atoms with Crippen molar-refractivity contribution < 1.29 is 9.90 Å². The van der Waals surface area contributed by atoms with E-state index in [-0.39, 0.29) is 11.5 Å². The number of benzene rings is 2. The van der Waals surface area contributed by atoms with Gasteiger partial charge in [-0.2, -0.15) is 0 Å². The van der Waals surface area contributed by atoms with Gasteiger partial charge in [-0.15, -0.1) is 0 Å². The van der Waals surface area contributed by atoms with E-state index in [1.54, 1.807) is 42.5 Å². The highest BCUT2D eigenvalue weighted by molar-refractivity contribution is 6.36. The molecule has 0 atom stereocenters. The molecule has 2 aromatic rings. The topological polar surface area (TPSA) is 37.3 Å². The van der Waals surface area contributed by atoms with Crippen LogP contribution in [0.1, 0.15) is 15.9 Å². The lowest BCUT2D eigenvalue weighted by molar-refractivity contribution is 0.104. The second kappa shape index (κ2) is 5.91. The maximum atomic E-state index is 12.0. The predicted octanol–water partition coefficient (Wildman–Crippen LogP) is 4.60. The lowest BCUT2D eigenvalue weighted by Crippen LogP contribution is -1.95. The van der Waals surface area contributed by atoms with Crippen LogP contribution in [0.15, 0.2) is 48.5 Å². The number of phenols is 1. The van der Waals surface area contributed by atoms with Gasteiger partial charge in [0.05, 0.1) is 5.02 Å². The Morgan fingerprint density at radius 2 is 1.74 bits per heavy atom. The summed E-state index contributed by atoms with van der Waals surface area (Å²) in [6.45, 7) is 0. The van der Waals surface area contributed by atoms with Gasteiger partial charge >= 0.3 is 0 Å². The van der Waals surface area contributed by atoms with E-state index < -0.39 is 0 Å². The van der Waals surface area contributed by atoms with Crippen molar-refractivity contribution in [3.63, 3.8) is 0 Å². The van der Waals surface area contributed by atoms with Crippen molar-refractivity contribution in [2.75, 3.05) is 0 Å². The Morgan fingerprint density at radius 1 is 1.05 bits per heavy atom. The summed E-state index contributed by atoms with van der Waals surface area (Å²) >= 11 is 11.8. The van der Waals surface area contributed by atoms with E-state index in [1.165, 1.54) is 12.1 Å². The van der Waals surface area contributed by atoms with Crippen LogP contribution in [0.25, 0.3) is 6.08 Å². The molecule has 0 aliphatic carbocycles. The molecule has 0 bridgehead atoms. The third kappa shape index (κ3) is 3.60. The largest absolute Gasteiger partial charge is 0.508 e. The van der Waals surface area contributed by atoms with E-state index in [2.05, 4.69) is 0 Å². The zero-order valence-corrected chi connectivity index (χ0v) is 11.3. The molecule has 0 unspecified atom stereocenters. The van der Waals surface area contributed by atoms with Gasteiger partial charge in [-0.25, -0.2) is 0 Å². The number of carbonyl (C=O) groups excluding carboxylic acids is 1. The molecule has 2 nitrogen and oxygen atoms in total. The van der Waals surface area contributed by atoms with Gasteiger partial charge < -0.3 is 5.11 Å². The normalized spacial score (nSPS) is 10.8. The van der Waals surface area contributed by atoms with Gasteiger partial charge in [0.2, 0.25) is 0 Å². The van der Waals surface area contributed by atoms with Crippen LogP contribution in [0.3, 0.4) is 0 Å². The molecule has 0 saturated heterocycles. The molecule has 1 N–H and O–H groups in total. The van der Waals surface area contributed by atoms with E-state index >= 15 is 0 Å². The Bertz CT molecular complexity index is 631. The Labute approximate surface area is 120 Å². The molecule has 0 spiro atoms. The molecule has 96 valence electrons. The van der Waals surface area contributed by atoms with E-state index in [0.717, 1.165) is 5.56 Å². The highest BCUT2D eigenvalue weighted by atomic mass is 35.5. The van der Waals surface area contributed by atoms with Gasteiger partial charge in [-0.1, -0.05) is 41.4 Å². The minimum absolute atomic E-state index is 0.182. The Hall–Kier alpha value is -1.77. The molecule has 0 fully saturated rings. The molecule has 2 rings (SSSR count). The molecule has 0 saturated carbocycles. The van der Waals surface area contributed by atoms with Crippen molar-refractivity contribution >= 4 is 35.1 Å². The molecule has 0 heterocycles. The lowest BCUT2D eigenvalue weighted by Gasteiger charge is -2.00. The maximum Gasteiger partial charge on any atom is 0.187 e. The second-order valence-electron chi connectivity index (χ2n) is 3.91. The fourth-order valence-corrected chi connectivity index (χ4v) is 1.92. The van der Waals surface area contributed by atoms with Crippen molar-refractivity contribution in [2.24, 2.45) is 0 Å². The third-order valence-corrected chi connectivity index (χ3v) is 3.08. The van der Waals surface area contributed by atoms with Gasteiger partial charge in [0.25, 0.3) is 0 Å². The van der Waals surface area contributed by atoms with E-state index in [9.17, 15) is 4.79 Å². The van der Waals surface area contributed by atoms with Crippen molar-refractivity contribution in [2.45, 2.75) is 0 Å². The first kappa shape index (κ1) is 13.7. The predicted molar refractivity (Wildman–Crippen MR) is 77.9 cm³/mol. The minimum atomic E-state index is -0.222.